The van der Waals surface area contributed by atoms with Crippen molar-refractivity contribution in [1.82, 2.24) is 4.90 Å². The molecule has 3 N–H and O–H groups in total. The zero-order valence-corrected chi connectivity index (χ0v) is 14.6. The van der Waals surface area contributed by atoms with Crippen LogP contribution in [0.25, 0.3) is 0 Å². The van der Waals surface area contributed by atoms with Crippen LogP contribution in [0, 0.1) is 17.8 Å². The maximum Gasteiger partial charge on any atom is 0.225 e. The standard InChI is InChI=1S/C19H28N2O3/c1-21(11-12-6-7-16(22)17(8-12)24-2)19(23)15-9-13-4-3-5-14(10-15)18(13)20/h6-8,13-15,18,22H,3-5,9-11,20H2,1-2H3. The molecule has 0 heterocycles. The van der Waals surface area contributed by atoms with Crippen LogP contribution >= 0.6 is 0 Å². The van der Waals surface area contributed by atoms with Crippen molar-refractivity contribution in [1.29, 1.82) is 0 Å². The SMILES string of the molecule is COc1cc(CN(C)C(=O)C2CC3CCCC(C2)C3N)ccc1O. The summed E-state index contributed by atoms with van der Waals surface area (Å²) < 4.78 is 5.14. The van der Waals surface area contributed by atoms with Crippen LogP contribution in [-0.2, 0) is 11.3 Å². The van der Waals surface area contributed by atoms with Crippen molar-refractivity contribution in [2.75, 3.05) is 14.2 Å². The zero-order chi connectivity index (χ0) is 17.3. The quantitative estimate of drug-likeness (QED) is 0.888. The number of carbonyl (C=O) groups is 1. The van der Waals surface area contributed by atoms with E-state index in [0.29, 0.717) is 24.1 Å². The molecule has 2 atom stereocenters. The summed E-state index contributed by atoms with van der Waals surface area (Å²) in [5, 5.41) is 9.68. The van der Waals surface area contributed by atoms with Crippen LogP contribution in [-0.4, -0.2) is 36.1 Å². The summed E-state index contributed by atoms with van der Waals surface area (Å²) in [5.41, 5.74) is 7.28. The van der Waals surface area contributed by atoms with Gasteiger partial charge in [-0.3, -0.25) is 4.79 Å². The molecule has 24 heavy (non-hydrogen) atoms. The number of phenolic OH excluding ortho intramolecular Hbond substituents is 1. The largest absolute Gasteiger partial charge is 0.504 e. The Morgan fingerprint density at radius 3 is 2.62 bits per heavy atom. The summed E-state index contributed by atoms with van der Waals surface area (Å²) in [6.45, 7) is 0.521. The smallest absolute Gasteiger partial charge is 0.225 e. The molecule has 5 heteroatoms. The predicted octanol–water partition coefficient (Wildman–Crippen LogP) is 2.51. The van der Waals surface area contributed by atoms with Gasteiger partial charge in [-0.05, 0) is 55.2 Å². The number of hydrogen-bond acceptors (Lipinski definition) is 4. The molecule has 0 aromatic heterocycles. The lowest BCUT2D eigenvalue weighted by Gasteiger charge is -2.44. The van der Waals surface area contributed by atoms with Gasteiger partial charge < -0.3 is 20.5 Å². The Hall–Kier alpha value is -1.75. The molecule has 2 aliphatic carbocycles. The lowest BCUT2D eigenvalue weighted by Crippen LogP contribution is -2.49. The van der Waals surface area contributed by atoms with Crippen molar-refractivity contribution in [3.8, 4) is 11.5 Å². The van der Waals surface area contributed by atoms with Crippen molar-refractivity contribution >= 4 is 5.91 Å². The molecule has 2 saturated carbocycles. The van der Waals surface area contributed by atoms with Crippen LogP contribution in [0.1, 0.15) is 37.7 Å². The van der Waals surface area contributed by atoms with E-state index in [-0.39, 0.29) is 23.6 Å². The number of amides is 1. The third-order valence-corrected chi connectivity index (χ3v) is 5.80. The van der Waals surface area contributed by atoms with E-state index in [1.807, 2.05) is 13.1 Å². The number of nitrogens with zero attached hydrogens (tertiary/aromatic N) is 1. The lowest BCUT2D eigenvalue weighted by molar-refractivity contribution is -0.137. The molecular formula is C19H28N2O3. The number of phenols is 1. The van der Waals surface area contributed by atoms with Crippen molar-refractivity contribution < 1.29 is 14.6 Å². The number of carbonyl (C=O) groups excluding carboxylic acids is 1. The maximum atomic E-state index is 12.9. The van der Waals surface area contributed by atoms with E-state index in [9.17, 15) is 9.90 Å². The molecule has 0 saturated heterocycles. The van der Waals surface area contributed by atoms with Gasteiger partial charge in [-0.15, -0.1) is 0 Å². The number of hydrogen-bond donors (Lipinski definition) is 2. The minimum Gasteiger partial charge on any atom is -0.504 e. The van der Waals surface area contributed by atoms with E-state index in [0.717, 1.165) is 18.4 Å². The van der Waals surface area contributed by atoms with Crippen LogP contribution in [0.4, 0.5) is 0 Å². The van der Waals surface area contributed by atoms with Crippen LogP contribution in [0.2, 0.25) is 0 Å². The molecule has 0 spiro atoms. The number of rotatable bonds is 4. The van der Waals surface area contributed by atoms with Crippen molar-refractivity contribution in [3.63, 3.8) is 0 Å². The Morgan fingerprint density at radius 1 is 1.33 bits per heavy atom. The van der Waals surface area contributed by atoms with Gasteiger partial charge in [0.2, 0.25) is 5.91 Å². The third-order valence-electron chi connectivity index (χ3n) is 5.80. The van der Waals surface area contributed by atoms with Gasteiger partial charge in [0.15, 0.2) is 11.5 Å². The fourth-order valence-electron chi connectivity index (χ4n) is 4.47. The molecule has 1 aromatic rings. The highest BCUT2D eigenvalue weighted by Crippen LogP contribution is 2.42. The average Bonchev–Trinajstić information content (AvgIpc) is 2.55. The molecule has 132 valence electrons. The molecule has 5 nitrogen and oxygen atoms in total. The topological polar surface area (TPSA) is 75.8 Å². The maximum absolute atomic E-state index is 12.9. The van der Waals surface area contributed by atoms with Crippen LogP contribution in [0.5, 0.6) is 11.5 Å². The summed E-state index contributed by atoms with van der Waals surface area (Å²) in [5.74, 6) is 1.88. The first-order chi connectivity index (χ1) is 11.5. The van der Waals surface area contributed by atoms with Gasteiger partial charge in [0, 0.05) is 25.6 Å². The summed E-state index contributed by atoms with van der Waals surface area (Å²) in [6, 6.07) is 5.50. The minimum atomic E-state index is 0.101. The summed E-state index contributed by atoms with van der Waals surface area (Å²) in [4.78, 5) is 14.7. The van der Waals surface area contributed by atoms with Gasteiger partial charge in [-0.25, -0.2) is 0 Å². The highest BCUT2D eigenvalue weighted by atomic mass is 16.5. The van der Waals surface area contributed by atoms with Crippen molar-refractivity contribution in [3.05, 3.63) is 23.8 Å². The van der Waals surface area contributed by atoms with Gasteiger partial charge in [0.25, 0.3) is 0 Å². The Bertz CT molecular complexity index is 590. The molecule has 0 aliphatic heterocycles. The minimum absolute atomic E-state index is 0.101. The van der Waals surface area contributed by atoms with Gasteiger partial charge in [-0.1, -0.05) is 12.5 Å². The number of fused-ring (bicyclic) bond motifs is 2. The second-order valence-electron chi connectivity index (χ2n) is 7.40. The molecule has 2 unspecified atom stereocenters. The first-order valence-corrected chi connectivity index (χ1v) is 8.86. The molecule has 2 aliphatic rings. The van der Waals surface area contributed by atoms with Gasteiger partial charge in [0.1, 0.15) is 0 Å². The zero-order valence-electron chi connectivity index (χ0n) is 14.6. The third kappa shape index (κ3) is 3.36. The van der Waals surface area contributed by atoms with E-state index in [1.54, 1.807) is 17.0 Å². The molecular weight excluding hydrogens is 304 g/mol. The first-order valence-electron chi connectivity index (χ1n) is 8.86. The fourth-order valence-corrected chi connectivity index (χ4v) is 4.47. The molecule has 2 fully saturated rings. The van der Waals surface area contributed by atoms with Crippen LogP contribution in [0.3, 0.4) is 0 Å². The Labute approximate surface area is 143 Å². The highest BCUT2D eigenvalue weighted by molar-refractivity contribution is 5.78. The van der Waals surface area contributed by atoms with E-state index in [4.69, 9.17) is 10.5 Å². The predicted molar refractivity (Wildman–Crippen MR) is 92.7 cm³/mol. The normalized spacial score (nSPS) is 29.1. The van der Waals surface area contributed by atoms with Crippen molar-refractivity contribution in [2.24, 2.45) is 23.5 Å². The highest BCUT2D eigenvalue weighted by Gasteiger charge is 2.41. The number of ether oxygens (including phenoxy) is 1. The molecule has 1 aromatic carbocycles. The Morgan fingerprint density at radius 2 is 2.00 bits per heavy atom. The number of benzene rings is 1. The van der Waals surface area contributed by atoms with Gasteiger partial charge in [-0.2, -0.15) is 0 Å². The number of aromatic hydroxyl groups is 1. The molecule has 3 rings (SSSR count). The summed E-state index contributed by atoms with van der Waals surface area (Å²) in [7, 11) is 3.38. The van der Waals surface area contributed by atoms with E-state index >= 15 is 0 Å². The summed E-state index contributed by atoms with van der Waals surface area (Å²) in [6.07, 6.45) is 5.45. The monoisotopic (exact) mass is 332 g/mol. The number of nitrogens with two attached hydrogens (primary N) is 1. The fraction of sp³-hybridized carbons (Fsp3) is 0.632. The van der Waals surface area contributed by atoms with Gasteiger partial charge >= 0.3 is 0 Å². The second-order valence-corrected chi connectivity index (χ2v) is 7.40. The van der Waals surface area contributed by atoms with Gasteiger partial charge in [0.05, 0.1) is 7.11 Å². The second kappa shape index (κ2) is 7.01. The Balaban J connectivity index is 1.65. The average molecular weight is 332 g/mol. The van der Waals surface area contributed by atoms with Crippen LogP contribution in [0.15, 0.2) is 18.2 Å². The number of methoxy groups -OCH3 is 1. The molecule has 0 radical (unpaired) electrons. The Kier molecular flexibility index (Phi) is 4.99. The van der Waals surface area contributed by atoms with E-state index < -0.39 is 0 Å². The van der Waals surface area contributed by atoms with E-state index in [1.165, 1.54) is 26.4 Å². The molecule has 2 bridgehead atoms. The summed E-state index contributed by atoms with van der Waals surface area (Å²) >= 11 is 0. The van der Waals surface area contributed by atoms with Crippen LogP contribution < -0.4 is 10.5 Å². The first kappa shape index (κ1) is 17.1. The van der Waals surface area contributed by atoms with Crippen molar-refractivity contribution in [2.45, 2.75) is 44.7 Å². The molecule has 1 amide bonds. The lowest BCUT2D eigenvalue weighted by atomic mass is 9.65. The van der Waals surface area contributed by atoms with E-state index in [2.05, 4.69) is 0 Å².